The molecule has 0 aliphatic carbocycles. The predicted molar refractivity (Wildman–Crippen MR) is 141 cm³/mol. The van der Waals surface area contributed by atoms with Crippen molar-refractivity contribution in [1.82, 2.24) is 4.90 Å². The molecular formula is C29H30FN3O3. The molecule has 0 aromatic heterocycles. The van der Waals surface area contributed by atoms with Gasteiger partial charge in [-0.05, 0) is 54.0 Å². The molecule has 1 unspecified atom stereocenters. The number of nitrogen functional groups attached to an aromatic ring is 1. The Bertz CT molecular complexity index is 1300. The number of ether oxygens (including phenoxy) is 2. The van der Waals surface area contributed by atoms with Crippen LogP contribution in [0.5, 0.6) is 17.2 Å². The van der Waals surface area contributed by atoms with E-state index >= 15 is 0 Å². The van der Waals surface area contributed by atoms with Crippen LogP contribution < -0.4 is 15.2 Å². The van der Waals surface area contributed by atoms with Crippen molar-refractivity contribution < 1.29 is 19.0 Å². The topological polar surface area (TPSA) is 91.8 Å². The zero-order chi connectivity index (χ0) is 25.2. The highest BCUT2D eigenvalue weighted by atomic mass is 19.1. The van der Waals surface area contributed by atoms with Crippen molar-refractivity contribution in [1.29, 1.82) is 5.41 Å². The van der Waals surface area contributed by atoms with Gasteiger partial charge in [-0.2, -0.15) is 0 Å². The lowest BCUT2D eigenvalue weighted by Gasteiger charge is -2.37. The van der Waals surface area contributed by atoms with Gasteiger partial charge in [-0.15, -0.1) is 0 Å². The Morgan fingerprint density at radius 2 is 1.94 bits per heavy atom. The van der Waals surface area contributed by atoms with Gasteiger partial charge in [0.05, 0.1) is 6.67 Å². The van der Waals surface area contributed by atoms with Gasteiger partial charge in [-0.25, -0.2) is 0 Å². The van der Waals surface area contributed by atoms with Gasteiger partial charge in [-0.1, -0.05) is 24.3 Å². The average molecular weight is 488 g/mol. The van der Waals surface area contributed by atoms with Crippen LogP contribution in [0.3, 0.4) is 0 Å². The van der Waals surface area contributed by atoms with E-state index in [1.165, 1.54) is 6.21 Å². The molecule has 7 heteroatoms. The van der Waals surface area contributed by atoms with Crippen LogP contribution in [0.25, 0.3) is 11.1 Å². The third-order valence-corrected chi connectivity index (χ3v) is 6.92. The fraction of sp³-hybridized carbons (Fsp3) is 0.276. The number of likely N-dealkylation sites (tertiary alicyclic amines) is 1. The molecule has 1 saturated heterocycles. The fourth-order valence-corrected chi connectivity index (χ4v) is 4.92. The third kappa shape index (κ3) is 4.66. The highest BCUT2D eigenvalue weighted by Crippen LogP contribution is 2.48. The number of allylic oxidation sites excluding steroid dienone is 1. The van der Waals surface area contributed by atoms with Gasteiger partial charge in [-0.3, -0.25) is 9.29 Å². The quantitative estimate of drug-likeness (QED) is 0.296. The summed E-state index contributed by atoms with van der Waals surface area (Å²) in [5, 5.41) is 17.8. The van der Waals surface area contributed by atoms with Crippen molar-refractivity contribution in [2.24, 2.45) is 5.92 Å². The van der Waals surface area contributed by atoms with E-state index in [4.69, 9.17) is 20.6 Å². The van der Waals surface area contributed by atoms with Crippen molar-refractivity contribution in [2.45, 2.75) is 13.0 Å². The van der Waals surface area contributed by atoms with Gasteiger partial charge in [0.15, 0.2) is 0 Å². The molecule has 186 valence electrons. The number of fused-ring (bicyclic) bond motifs is 1. The van der Waals surface area contributed by atoms with E-state index in [1.807, 2.05) is 49.4 Å². The minimum absolute atomic E-state index is 0.175. The maximum atomic E-state index is 12.6. The fourth-order valence-electron chi connectivity index (χ4n) is 4.92. The lowest BCUT2D eigenvalue weighted by Crippen LogP contribution is -2.49. The summed E-state index contributed by atoms with van der Waals surface area (Å²) in [6.45, 7) is 4.71. The second kappa shape index (κ2) is 10.0. The Labute approximate surface area is 210 Å². The van der Waals surface area contributed by atoms with Crippen LogP contribution in [0.1, 0.15) is 35.3 Å². The number of phenolic OH excluding ortho intramolecular Hbond substituents is 1. The lowest BCUT2D eigenvalue weighted by atomic mass is 9.85. The normalized spacial score (nSPS) is 17.8. The standard InChI is InChI=1S/C29H30FN3O3/c1-18-25-12-22(15-31)26(32)13-27(25)36-29(28(18)21-3-2-4-23(34)11-21)20-5-7-24(8-6-20)35-10-9-33-16-19(14-30)17-33/h2-8,11-13,15,19,29,31,34H,9-10,14,16-17,32H2,1H3. The summed E-state index contributed by atoms with van der Waals surface area (Å²) >= 11 is 0. The Hall–Kier alpha value is -3.84. The molecule has 3 aromatic carbocycles. The number of hydrogen-bond acceptors (Lipinski definition) is 6. The van der Waals surface area contributed by atoms with E-state index in [1.54, 1.807) is 18.2 Å². The van der Waals surface area contributed by atoms with Gasteiger partial charge in [0, 0.05) is 60.2 Å². The molecule has 36 heavy (non-hydrogen) atoms. The van der Waals surface area contributed by atoms with Crippen molar-refractivity contribution in [3.8, 4) is 17.2 Å². The minimum atomic E-state index is -0.419. The number of benzene rings is 3. The van der Waals surface area contributed by atoms with E-state index in [9.17, 15) is 9.50 Å². The maximum Gasteiger partial charge on any atom is 0.150 e. The van der Waals surface area contributed by atoms with E-state index < -0.39 is 6.10 Å². The summed E-state index contributed by atoms with van der Waals surface area (Å²) in [6.07, 6.45) is 0.820. The molecule has 2 aliphatic heterocycles. The number of nitrogens with two attached hydrogens (primary N) is 1. The van der Waals surface area contributed by atoms with Crippen LogP contribution in [0, 0.1) is 11.3 Å². The van der Waals surface area contributed by atoms with E-state index in [2.05, 4.69) is 4.90 Å². The predicted octanol–water partition coefficient (Wildman–Crippen LogP) is 5.32. The summed E-state index contributed by atoms with van der Waals surface area (Å²) in [5.74, 6) is 1.77. The average Bonchev–Trinajstić information content (AvgIpc) is 2.85. The molecule has 6 nitrogen and oxygen atoms in total. The summed E-state index contributed by atoms with van der Waals surface area (Å²) in [7, 11) is 0. The zero-order valence-corrected chi connectivity index (χ0v) is 20.2. The van der Waals surface area contributed by atoms with Crippen molar-refractivity contribution in [3.05, 3.63) is 82.9 Å². The number of nitrogens with zero attached hydrogens (tertiary/aromatic N) is 1. The molecule has 3 aromatic rings. The Morgan fingerprint density at radius 1 is 1.17 bits per heavy atom. The molecule has 4 N–H and O–H groups in total. The number of alkyl halides is 1. The molecule has 0 bridgehead atoms. The summed E-state index contributed by atoms with van der Waals surface area (Å²) in [5.41, 5.74) is 11.9. The molecule has 0 amide bonds. The molecule has 0 saturated carbocycles. The number of rotatable bonds is 8. The van der Waals surface area contributed by atoms with Gasteiger partial charge in [0.1, 0.15) is 30.0 Å². The summed E-state index contributed by atoms with van der Waals surface area (Å²) < 4.78 is 25.0. The minimum Gasteiger partial charge on any atom is -0.508 e. The Morgan fingerprint density at radius 3 is 2.64 bits per heavy atom. The zero-order valence-electron chi connectivity index (χ0n) is 20.2. The molecule has 1 atom stereocenters. The van der Waals surface area contributed by atoms with Gasteiger partial charge in [0.25, 0.3) is 0 Å². The highest BCUT2D eigenvalue weighted by molar-refractivity contribution is 5.98. The Kier molecular flexibility index (Phi) is 6.65. The van der Waals surface area contributed by atoms with Crippen molar-refractivity contribution >= 4 is 23.0 Å². The molecule has 2 heterocycles. The number of nitrogens with one attached hydrogen (secondary N) is 1. The van der Waals surface area contributed by atoms with Crippen LogP contribution in [-0.4, -0.2) is 49.1 Å². The summed E-state index contributed by atoms with van der Waals surface area (Å²) in [6, 6.07) is 18.6. The third-order valence-electron chi connectivity index (χ3n) is 6.92. The Balaban J connectivity index is 1.42. The second-order valence-corrected chi connectivity index (χ2v) is 9.41. The van der Waals surface area contributed by atoms with Crippen LogP contribution in [0.15, 0.2) is 60.7 Å². The first kappa shape index (κ1) is 23.9. The number of hydrogen-bond donors (Lipinski definition) is 3. The number of anilines is 1. The van der Waals surface area contributed by atoms with Crippen LogP contribution >= 0.6 is 0 Å². The van der Waals surface area contributed by atoms with Gasteiger partial charge < -0.3 is 25.7 Å². The van der Waals surface area contributed by atoms with Crippen LogP contribution in [0.4, 0.5) is 10.1 Å². The molecule has 5 rings (SSSR count). The van der Waals surface area contributed by atoms with Crippen LogP contribution in [-0.2, 0) is 0 Å². The molecule has 0 radical (unpaired) electrons. The SMILES string of the molecule is CC1=C(c2cccc(O)c2)C(c2ccc(OCCN3CC(CF)C3)cc2)Oc2cc(N)c(C=N)cc21. The molecule has 1 fully saturated rings. The number of aromatic hydroxyl groups is 1. The van der Waals surface area contributed by atoms with E-state index in [-0.39, 0.29) is 18.3 Å². The monoisotopic (exact) mass is 487 g/mol. The largest absolute Gasteiger partial charge is 0.508 e. The first-order chi connectivity index (χ1) is 17.5. The maximum absolute atomic E-state index is 12.6. The van der Waals surface area contributed by atoms with Crippen molar-refractivity contribution in [3.63, 3.8) is 0 Å². The first-order valence-corrected chi connectivity index (χ1v) is 12.1. The lowest BCUT2D eigenvalue weighted by molar-refractivity contribution is 0.0668. The van der Waals surface area contributed by atoms with E-state index in [0.717, 1.165) is 53.2 Å². The highest BCUT2D eigenvalue weighted by Gasteiger charge is 2.30. The number of phenols is 1. The van der Waals surface area contributed by atoms with Crippen molar-refractivity contribution in [2.75, 3.05) is 38.6 Å². The van der Waals surface area contributed by atoms with E-state index in [0.29, 0.717) is 23.6 Å². The molecular weight excluding hydrogens is 457 g/mol. The van der Waals surface area contributed by atoms with Gasteiger partial charge in [0.2, 0.25) is 0 Å². The smallest absolute Gasteiger partial charge is 0.150 e. The number of halogens is 1. The molecule has 2 aliphatic rings. The van der Waals surface area contributed by atoms with Crippen LogP contribution in [0.2, 0.25) is 0 Å². The van der Waals surface area contributed by atoms with Gasteiger partial charge >= 0.3 is 0 Å². The first-order valence-electron chi connectivity index (χ1n) is 12.1. The summed E-state index contributed by atoms with van der Waals surface area (Å²) in [4.78, 5) is 2.19. The molecule has 0 spiro atoms. The second-order valence-electron chi connectivity index (χ2n) is 9.41.